The Morgan fingerprint density at radius 3 is 2.24 bits per heavy atom. The highest BCUT2D eigenvalue weighted by Gasteiger charge is 2.36. The van der Waals surface area contributed by atoms with Gasteiger partial charge in [-0.25, -0.2) is 19.9 Å². The van der Waals surface area contributed by atoms with E-state index in [1.165, 1.54) is 5.56 Å². The maximum atomic E-state index is 13.2. The van der Waals surface area contributed by atoms with E-state index in [-0.39, 0.29) is 11.8 Å². The second-order valence-electron chi connectivity index (χ2n) is 13.9. The smallest absolute Gasteiger partial charge is 0.227 e. The number of aromatic nitrogens is 4. The predicted molar refractivity (Wildman–Crippen MR) is 203 cm³/mol. The minimum Gasteiger partial charge on any atom is -0.337 e. The summed E-state index contributed by atoms with van der Waals surface area (Å²) in [5.41, 5.74) is 5.55. The highest BCUT2D eigenvalue weighted by atomic mass is 16.1. The average Bonchev–Trinajstić information content (AvgIpc) is 3.65. The van der Waals surface area contributed by atoms with Crippen LogP contribution in [-0.4, -0.2) is 76.2 Å². The number of benzene rings is 3. The maximum absolute atomic E-state index is 13.2. The van der Waals surface area contributed by atoms with Crippen LogP contribution in [0.1, 0.15) is 35.2 Å². The Morgan fingerprint density at radius 2 is 1.53 bits per heavy atom. The van der Waals surface area contributed by atoms with E-state index < -0.39 is 5.54 Å². The van der Waals surface area contributed by atoms with Gasteiger partial charge in [0.25, 0.3) is 0 Å². The molecule has 1 unspecified atom stereocenters. The molecule has 1 atom stereocenters. The van der Waals surface area contributed by atoms with E-state index in [4.69, 9.17) is 15.0 Å². The Hall–Kier alpha value is -5.48. The number of aryl methyl sites for hydroxylation is 1. The molecule has 0 saturated carbocycles. The van der Waals surface area contributed by atoms with Crippen molar-refractivity contribution in [3.63, 3.8) is 0 Å². The first-order valence-electron chi connectivity index (χ1n) is 18.0. The highest BCUT2D eigenvalue weighted by molar-refractivity contribution is 5.92. The third kappa shape index (κ3) is 7.23. The quantitative estimate of drug-likeness (QED) is 0.203. The van der Waals surface area contributed by atoms with Gasteiger partial charge in [0.05, 0.1) is 11.2 Å². The lowest BCUT2D eigenvalue weighted by atomic mass is 9.86. The molecule has 1 N–H and O–H groups in total. The molecule has 2 saturated heterocycles. The fourth-order valence-corrected chi connectivity index (χ4v) is 7.47. The molecule has 10 heteroatoms. The molecule has 2 aromatic heterocycles. The zero-order valence-electron chi connectivity index (χ0n) is 29.0. The topological polar surface area (TPSA) is 103 Å². The van der Waals surface area contributed by atoms with Crippen molar-refractivity contribution >= 4 is 40.6 Å². The number of hydrogen-bond acceptors (Lipinski definition) is 9. The fourth-order valence-electron chi connectivity index (χ4n) is 7.47. The zero-order valence-corrected chi connectivity index (χ0v) is 29.0. The summed E-state index contributed by atoms with van der Waals surface area (Å²) in [7, 11) is 0. The third-order valence-corrected chi connectivity index (χ3v) is 10.3. The number of rotatable bonds is 9. The van der Waals surface area contributed by atoms with E-state index >= 15 is 0 Å². The second-order valence-corrected chi connectivity index (χ2v) is 13.9. The van der Waals surface area contributed by atoms with E-state index in [1.54, 1.807) is 12.4 Å². The first-order valence-corrected chi connectivity index (χ1v) is 18.0. The molecular weight excluding hydrogens is 635 g/mol. The summed E-state index contributed by atoms with van der Waals surface area (Å²) in [5, 5.41) is 4.19. The summed E-state index contributed by atoms with van der Waals surface area (Å²) in [6.45, 7) is 7.99. The van der Waals surface area contributed by atoms with E-state index in [1.807, 2.05) is 36.6 Å². The predicted octanol–water partition coefficient (Wildman–Crippen LogP) is 5.98. The van der Waals surface area contributed by atoms with Gasteiger partial charge < -0.3 is 15.1 Å². The number of nitrogens with zero attached hydrogens (tertiary/aromatic N) is 8. The summed E-state index contributed by atoms with van der Waals surface area (Å²) < 4.78 is 0. The first-order chi connectivity index (χ1) is 25.0. The number of carbonyl (C=O) groups excluding carboxylic acids is 1. The lowest BCUT2D eigenvalue weighted by Crippen LogP contribution is -2.47. The number of allylic oxidation sites excluding steroid dienone is 1. The lowest BCUT2D eigenvalue weighted by molar-refractivity contribution is -0.121. The number of fused-ring (bicyclic) bond motifs is 1. The summed E-state index contributed by atoms with van der Waals surface area (Å²) in [6.07, 6.45) is 12.0. The van der Waals surface area contributed by atoms with Gasteiger partial charge in [0.1, 0.15) is 5.54 Å². The largest absolute Gasteiger partial charge is 0.337 e. The molecule has 0 radical (unpaired) electrons. The molecule has 3 aliphatic rings. The Morgan fingerprint density at radius 1 is 0.804 bits per heavy atom. The van der Waals surface area contributed by atoms with Crippen LogP contribution in [0.25, 0.3) is 10.9 Å². The van der Waals surface area contributed by atoms with Crippen LogP contribution >= 0.6 is 0 Å². The molecule has 51 heavy (non-hydrogen) atoms. The molecule has 10 nitrogen and oxygen atoms in total. The van der Waals surface area contributed by atoms with Gasteiger partial charge in [-0.3, -0.25) is 14.7 Å². The summed E-state index contributed by atoms with van der Waals surface area (Å²) in [4.78, 5) is 44.4. The summed E-state index contributed by atoms with van der Waals surface area (Å²) in [6, 6.07) is 27.0. The monoisotopic (exact) mass is 677 g/mol. The van der Waals surface area contributed by atoms with Gasteiger partial charge in [-0.1, -0.05) is 54.6 Å². The molecule has 0 spiro atoms. The van der Waals surface area contributed by atoms with Gasteiger partial charge >= 0.3 is 0 Å². The van der Waals surface area contributed by atoms with Gasteiger partial charge in [0.15, 0.2) is 0 Å². The van der Waals surface area contributed by atoms with E-state index in [9.17, 15) is 4.79 Å². The number of likely N-dealkylation sites (tertiary alicyclic amines) is 1. The average molecular weight is 678 g/mol. The van der Waals surface area contributed by atoms with E-state index in [2.05, 4.69) is 97.6 Å². The molecule has 0 bridgehead atoms. The maximum Gasteiger partial charge on any atom is 0.227 e. The Labute approximate surface area is 299 Å². The number of anilines is 3. The van der Waals surface area contributed by atoms with Crippen LogP contribution in [0.5, 0.6) is 0 Å². The number of amides is 1. The number of carbonyl (C=O) groups is 1. The summed E-state index contributed by atoms with van der Waals surface area (Å²) in [5.74, 6) is 1.60. The Bertz CT molecular complexity index is 2020. The molecule has 1 amide bonds. The highest BCUT2D eigenvalue weighted by Crippen LogP contribution is 2.38. The van der Waals surface area contributed by atoms with Crippen molar-refractivity contribution in [3.05, 3.63) is 126 Å². The van der Waals surface area contributed by atoms with Crippen molar-refractivity contribution in [2.24, 2.45) is 10.9 Å². The normalized spacial score (nSPS) is 19.5. The van der Waals surface area contributed by atoms with Crippen LogP contribution in [0.4, 0.5) is 17.6 Å². The van der Waals surface area contributed by atoms with Gasteiger partial charge in [-0.2, -0.15) is 0 Å². The number of hydrogen-bond donors (Lipinski definition) is 1. The van der Waals surface area contributed by atoms with Crippen LogP contribution in [-0.2, 0) is 23.3 Å². The third-order valence-electron chi connectivity index (χ3n) is 10.3. The van der Waals surface area contributed by atoms with Gasteiger partial charge in [0.2, 0.25) is 17.8 Å². The fraction of sp³-hybridized carbons (Fsp3) is 0.317. The van der Waals surface area contributed by atoms with Crippen LogP contribution in [0.15, 0.2) is 108 Å². The van der Waals surface area contributed by atoms with Crippen LogP contribution < -0.4 is 15.1 Å². The summed E-state index contributed by atoms with van der Waals surface area (Å²) >= 11 is 0. The van der Waals surface area contributed by atoms with Crippen molar-refractivity contribution in [1.29, 1.82) is 0 Å². The Kier molecular flexibility index (Phi) is 9.24. The van der Waals surface area contributed by atoms with Crippen LogP contribution in [0, 0.1) is 12.8 Å². The molecule has 3 aromatic carbocycles. The molecule has 8 rings (SSSR count). The molecule has 5 heterocycles. The minimum atomic E-state index is -0.677. The van der Waals surface area contributed by atoms with E-state index in [0.29, 0.717) is 6.42 Å². The lowest BCUT2D eigenvalue weighted by Gasteiger charge is -2.35. The van der Waals surface area contributed by atoms with Crippen molar-refractivity contribution in [3.8, 4) is 0 Å². The number of nitrogens with one attached hydrogen (secondary N) is 1. The zero-order chi connectivity index (χ0) is 34.6. The van der Waals surface area contributed by atoms with Crippen LogP contribution in [0.3, 0.4) is 0 Å². The SMILES string of the molecule is Cc1ccc2c(C3(Cc4ccc(NC(=O)C5CCN(Cc6ccccc6)CC5)cc4)C=CC=N3)nc(N3CCN(c4ncccn4)CC3)nc2c1. The Balaban J connectivity index is 0.967. The standard InChI is InChI=1S/C41H43N9O/c1-30-9-14-35-36(27-30)46-40(50-25-23-49(24-26-50)39-42-18-6-19-43-39)47-37(35)41(17-5-20-44-41)28-31-10-12-34(13-11-31)45-38(51)33-15-21-48(22-16-33)29-32-7-3-2-4-8-32/h2-14,17-20,27,33H,15-16,21-26,28-29H2,1H3,(H,45,51). The molecule has 3 aliphatic heterocycles. The van der Waals surface area contributed by atoms with Crippen molar-refractivity contribution in [2.75, 3.05) is 54.4 Å². The molecule has 0 aliphatic carbocycles. The molecule has 5 aromatic rings. The molecule has 258 valence electrons. The molecular formula is C41H43N9O. The number of aliphatic imine (C=N–C) groups is 1. The van der Waals surface area contributed by atoms with Gasteiger partial charge in [-0.05, 0) is 86.0 Å². The first kappa shape index (κ1) is 32.7. The minimum absolute atomic E-state index is 0.0245. The van der Waals surface area contributed by atoms with Gasteiger partial charge in [-0.15, -0.1) is 0 Å². The van der Waals surface area contributed by atoms with Crippen LogP contribution in [0.2, 0.25) is 0 Å². The number of piperidine rings is 1. The molecule has 2 fully saturated rings. The second kappa shape index (κ2) is 14.4. The van der Waals surface area contributed by atoms with Gasteiger partial charge in [0, 0.05) is 74.7 Å². The van der Waals surface area contributed by atoms with Crippen molar-refractivity contribution in [1.82, 2.24) is 24.8 Å². The number of piperazine rings is 1. The van der Waals surface area contributed by atoms with Crippen molar-refractivity contribution in [2.45, 2.75) is 38.3 Å². The van der Waals surface area contributed by atoms with Crippen molar-refractivity contribution < 1.29 is 4.79 Å². The van der Waals surface area contributed by atoms with E-state index in [0.717, 1.165) is 104 Å².